The van der Waals surface area contributed by atoms with E-state index in [1.54, 1.807) is 7.11 Å². The maximum atomic E-state index is 12.4. The van der Waals surface area contributed by atoms with Gasteiger partial charge in [-0.25, -0.2) is 0 Å². The summed E-state index contributed by atoms with van der Waals surface area (Å²) in [6, 6.07) is 11.2. The molecule has 6 nitrogen and oxygen atoms in total. The average molecular weight is 464 g/mol. The second kappa shape index (κ2) is 10.7. The maximum absolute atomic E-state index is 12.4. The monoisotopic (exact) mass is 463 g/mol. The molecule has 0 radical (unpaired) electrons. The van der Waals surface area contributed by atoms with Gasteiger partial charge in [0, 0.05) is 48.1 Å². The number of likely N-dealkylation sites (tertiary alicyclic amines) is 1. The molecular formula is C28H37N3O3. The number of aromatic amines is 1. The van der Waals surface area contributed by atoms with Crippen LogP contribution in [0.3, 0.4) is 0 Å². The lowest BCUT2D eigenvalue weighted by molar-refractivity contribution is -0.137. The lowest BCUT2D eigenvalue weighted by atomic mass is 9.87. The summed E-state index contributed by atoms with van der Waals surface area (Å²) >= 11 is 0. The van der Waals surface area contributed by atoms with E-state index in [9.17, 15) is 4.79 Å². The zero-order valence-corrected chi connectivity index (χ0v) is 21.1. The van der Waals surface area contributed by atoms with E-state index in [-0.39, 0.29) is 12.5 Å². The van der Waals surface area contributed by atoms with Crippen molar-refractivity contribution in [1.82, 2.24) is 14.9 Å². The first kappa shape index (κ1) is 24.4. The molecule has 3 heterocycles. The molecule has 1 fully saturated rings. The van der Waals surface area contributed by atoms with Crippen molar-refractivity contribution in [2.45, 2.75) is 52.4 Å². The molecule has 34 heavy (non-hydrogen) atoms. The minimum Gasteiger partial charge on any atom is -0.382 e. The zero-order chi connectivity index (χ0) is 24.2. The molecule has 3 aromatic rings. The Kier molecular flexibility index (Phi) is 7.69. The topological polar surface area (TPSA) is 67.5 Å². The molecule has 182 valence electrons. The van der Waals surface area contributed by atoms with E-state index in [1.165, 1.54) is 33.3 Å². The summed E-state index contributed by atoms with van der Waals surface area (Å²) in [6.07, 6.45) is 1.96. The molecule has 2 aromatic heterocycles. The molecule has 6 heteroatoms. The number of H-pyrrole nitrogens is 1. The number of hydrogen-bond donors (Lipinski definition) is 1. The number of nitrogens with zero attached hydrogens (tertiary/aromatic N) is 2. The number of pyridine rings is 1. The largest absolute Gasteiger partial charge is 0.382 e. The molecular weight excluding hydrogens is 426 g/mol. The molecule has 1 amide bonds. The van der Waals surface area contributed by atoms with Crippen LogP contribution < -0.4 is 0 Å². The minimum atomic E-state index is 0.0744. The quantitative estimate of drug-likeness (QED) is 0.458. The van der Waals surface area contributed by atoms with Gasteiger partial charge in [-0.1, -0.05) is 19.9 Å². The smallest absolute Gasteiger partial charge is 0.248 e. The number of carbonyl (C=O) groups is 1. The predicted octanol–water partition coefficient (Wildman–Crippen LogP) is 5.34. The fraction of sp³-hybridized carbons (Fsp3) is 0.500. The van der Waals surface area contributed by atoms with E-state index in [2.05, 4.69) is 68.0 Å². The van der Waals surface area contributed by atoms with Gasteiger partial charge in [0.15, 0.2) is 0 Å². The van der Waals surface area contributed by atoms with E-state index in [1.807, 2.05) is 4.90 Å². The Balaban J connectivity index is 1.53. The summed E-state index contributed by atoms with van der Waals surface area (Å²) < 4.78 is 10.4. The maximum Gasteiger partial charge on any atom is 0.248 e. The Morgan fingerprint density at radius 2 is 1.82 bits per heavy atom. The van der Waals surface area contributed by atoms with Crippen LogP contribution >= 0.6 is 0 Å². The van der Waals surface area contributed by atoms with E-state index < -0.39 is 0 Å². The number of nitrogens with one attached hydrogen (secondary N) is 1. The molecule has 1 aromatic carbocycles. The number of benzene rings is 1. The van der Waals surface area contributed by atoms with E-state index in [0.717, 1.165) is 37.3 Å². The van der Waals surface area contributed by atoms with Gasteiger partial charge >= 0.3 is 0 Å². The molecule has 0 unspecified atom stereocenters. The predicted molar refractivity (Wildman–Crippen MR) is 136 cm³/mol. The molecule has 4 rings (SSSR count). The summed E-state index contributed by atoms with van der Waals surface area (Å²) in [5, 5.41) is 1.31. The van der Waals surface area contributed by atoms with E-state index in [4.69, 9.17) is 9.47 Å². The van der Waals surface area contributed by atoms with Gasteiger partial charge in [-0.2, -0.15) is 0 Å². The molecule has 1 N–H and O–H groups in total. The van der Waals surface area contributed by atoms with Crippen LogP contribution in [0.4, 0.5) is 0 Å². The van der Waals surface area contributed by atoms with Crippen molar-refractivity contribution in [1.29, 1.82) is 0 Å². The average Bonchev–Trinajstić information content (AvgIpc) is 3.20. The summed E-state index contributed by atoms with van der Waals surface area (Å²) in [5.41, 5.74) is 8.38. The van der Waals surface area contributed by atoms with Gasteiger partial charge in [0.1, 0.15) is 6.61 Å². The van der Waals surface area contributed by atoms with Gasteiger partial charge in [0.25, 0.3) is 0 Å². The van der Waals surface area contributed by atoms with E-state index in [0.29, 0.717) is 25.0 Å². The highest BCUT2D eigenvalue weighted by atomic mass is 16.5. The first-order valence-electron chi connectivity index (χ1n) is 12.3. The number of fused-ring (bicyclic) bond motifs is 1. The van der Waals surface area contributed by atoms with E-state index >= 15 is 0 Å². The van der Waals surface area contributed by atoms with Crippen molar-refractivity contribution < 1.29 is 14.3 Å². The normalized spacial score (nSPS) is 14.9. The van der Waals surface area contributed by atoms with Gasteiger partial charge in [0.05, 0.1) is 18.9 Å². The summed E-state index contributed by atoms with van der Waals surface area (Å²) in [7, 11) is 1.63. The summed E-state index contributed by atoms with van der Waals surface area (Å²) in [4.78, 5) is 22.6. The lowest BCUT2D eigenvalue weighted by Crippen LogP contribution is -2.40. The summed E-state index contributed by atoms with van der Waals surface area (Å²) in [5.74, 6) is 0.933. The third-order valence-corrected chi connectivity index (χ3v) is 6.79. The number of piperidine rings is 1. The van der Waals surface area contributed by atoms with Crippen LogP contribution in [0, 0.1) is 13.8 Å². The van der Waals surface area contributed by atoms with Gasteiger partial charge in [0.2, 0.25) is 5.91 Å². The molecule has 0 atom stereocenters. The second-order valence-corrected chi connectivity index (χ2v) is 9.71. The molecule has 0 spiro atoms. The van der Waals surface area contributed by atoms with Gasteiger partial charge in [-0.15, -0.1) is 0 Å². The molecule has 0 saturated carbocycles. The first-order valence-corrected chi connectivity index (χ1v) is 12.3. The second-order valence-electron chi connectivity index (χ2n) is 9.71. The van der Waals surface area contributed by atoms with Crippen LogP contribution in [0.25, 0.3) is 22.2 Å². The standard InChI is InChI=1S/C28H37N3O3/c1-18(2)27-24-16-22(21-8-10-31(11-9-21)26(32)17-34-13-12-33-5)6-7-25(24)30-28(27)23-14-19(3)29-20(4)15-23/h6-7,14-16,18,21,30H,8-13,17H2,1-5H3. The molecule has 1 saturated heterocycles. The van der Waals surface area contributed by atoms with Crippen molar-refractivity contribution >= 4 is 16.8 Å². The highest BCUT2D eigenvalue weighted by molar-refractivity contribution is 5.92. The fourth-order valence-electron chi connectivity index (χ4n) is 5.15. The SMILES string of the molecule is COCCOCC(=O)N1CCC(c2ccc3[nH]c(-c4cc(C)nc(C)c4)c(C(C)C)c3c2)CC1. The number of aromatic nitrogens is 2. The summed E-state index contributed by atoms with van der Waals surface area (Å²) in [6.45, 7) is 11.3. The first-order chi connectivity index (χ1) is 16.4. The number of aryl methyl sites for hydroxylation is 2. The zero-order valence-electron chi connectivity index (χ0n) is 21.1. The van der Waals surface area contributed by atoms with Crippen molar-refractivity contribution in [3.05, 3.63) is 52.8 Å². The third kappa shape index (κ3) is 5.34. The minimum absolute atomic E-state index is 0.0744. The van der Waals surface area contributed by atoms with Crippen molar-refractivity contribution in [2.75, 3.05) is 40.0 Å². The van der Waals surface area contributed by atoms with Crippen molar-refractivity contribution in [2.24, 2.45) is 0 Å². The molecule has 0 aliphatic carbocycles. The van der Waals surface area contributed by atoms with Gasteiger partial charge in [-0.3, -0.25) is 9.78 Å². The number of amides is 1. The lowest BCUT2D eigenvalue weighted by Gasteiger charge is -2.32. The fourth-order valence-corrected chi connectivity index (χ4v) is 5.15. The Morgan fingerprint density at radius 1 is 1.12 bits per heavy atom. The third-order valence-electron chi connectivity index (χ3n) is 6.79. The molecule has 1 aliphatic heterocycles. The number of ether oxygens (including phenoxy) is 2. The van der Waals surface area contributed by atoms with Crippen LogP contribution in [0.2, 0.25) is 0 Å². The molecule has 0 bridgehead atoms. The molecule has 1 aliphatic rings. The van der Waals surface area contributed by atoms with Crippen LogP contribution in [-0.2, 0) is 14.3 Å². The van der Waals surface area contributed by atoms with Crippen LogP contribution in [0.1, 0.15) is 61.0 Å². The number of rotatable bonds is 8. The Labute approximate surface area is 202 Å². The number of hydrogen-bond acceptors (Lipinski definition) is 4. The highest BCUT2D eigenvalue weighted by Gasteiger charge is 2.25. The Hall–Kier alpha value is -2.70. The number of carbonyl (C=O) groups excluding carboxylic acids is 1. The van der Waals surface area contributed by atoms with Crippen molar-refractivity contribution in [3.8, 4) is 11.3 Å². The Morgan fingerprint density at radius 3 is 2.47 bits per heavy atom. The van der Waals surface area contributed by atoms with Crippen LogP contribution in [-0.4, -0.2) is 60.8 Å². The van der Waals surface area contributed by atoms with Crippen molar-refractivity contribution in [3.63, 3.8) is 0 Å². The van der Waals surface area contributed by atoms with Crippen LogP contribution in [0.5, 0.6) is 0 Å². The highest BCUT2D eigenvalue weighted by Crippen LogP contribution is 2.38. The number of methoxy groups -OCH3 is 1. The van der Waals surface area contributed by atoms with Gasteiger partial charge < -0.3 is 19.4 Å². The van der Waals surface area contributed by atoms with Gasteiger partial charge in [-0.05, 0) is 73.9 Å². The Bertz CT molecular complexity index is 1120. The van der Waals surface area contributed by atoms with Crippen LogP contribution in [0.15, 0.2) is 30.3 Å².